The number of carbonyl (C=O) groups is 4. The van der Waals surface area contributed by atoms with E-state index in [1.54, 1.807) is 62.4 Å². The van der Waals surface area contributed by atoms with Gasteiger partial charge >= 0.3 is 5.97 Å². The number of Topliss-reactive ketones (excluding diaryl/α,β-unsaturated/α-hetero) is 1. The number of esters is 1. The summed E-state index contributed by atoms with van der Waals surface area (Å²) in [5.74, 6) is -0.187. The Morgan fingerprint density at radius 3 is 2.58 bits per heavy atom. The van der Waals surface area contributed by atoms with Gasteiger partial charge < -0.3 is 21.1 Å². The van der Waals surface area contributed by atoms with E-state index in [2.05, 4.69) is 27.1 Å². The number of nitrogens with one attached hydrogen (secondary N) is 3. The van der Waals surface area contributed by atoms with Crippen LogP contribution in [0.25, 0.3) is 0 Å². The van der Waals surface area contributed by atoms with Crippen LogP contribution >= 0.6 is 0 Å². The molecule has 0 saturated heterocycles. The van der Waals surface area contributed by atoms with Gasteiger partial charge in [0.05, 0.1) is 24.5 Å². The summed E-state index contributed by atoms with van der Waals surface area (Å²) in [6.45, 7) is 3.49. The molecule has 0 bridgehead atoms. The first-order valence-corrected chi connectivity index (χ1v) is 11.8. The van der Waals surface area contributed by atoms with Crippen molar-refractivity contribution in [2.75, 3.05) is 11.9 Å². The number of hydrogen-bond acceptors (Lipinski definition) is 8. The highest BCUT2D eigenvalue weighted by Crippen LogP contribution is 2.38. The lowest BCUT2D eigenvalue weighted by molar-refractivity contribution is -0.139. The number of ketones is 1. The van der Waals surface area contributed by atoms with Crippen molar-refractivity contribution in [2.45, 2.75) is 26.2 Å². The van der Waals surface area contributed by atoms with Crippen molar-refractivity contribution < 1.29 is 23.9 Å². The summed E-state index contributed by atoms with van der Waals surface area (Å²) >= 11 is 0. The number of benzene rings is 2. The minimum atomic E-state index is -0.847. The maximum Gasteiger partial charge on any atom is 0.338 e. The first-order valence-electron chi connectivity index (χ1n) is 11.8. The summed E-state index contributed by atoms with van der Waals surface area (Å²) < 4.78 is 5.25. The number of hydrazone groups is 1. The maximum absolute atomic E-state index is 13.6. The predicted octanol–water partition coefficient (Wildman–Crippen LogP) is 1.79. The van der Waals surface area contributed by atoms with E-state index in [1.165, 1.54) is 0 Å². The zero-order chi connectivity index (χ0) is 27.4. The Bertz CT molecular complexity index is 1480. The molecule has 2 amide bonds. The van der Waals surface area contributed by atoms with E-state index in [0.29, 0.717) is 28.1 Å². The number of anilines is 1. The van der Waals surface area contributed by atoms with Gasteiger partial charge in [-0.15, -0.1) is 6.42 Å². The zero-order valence-corrected chi connectivity index (χ0v) is 20.8. The lowest BCUT2D eigenvalue weighted by Crippen LogP contribution is -2.37. The Kier molecular flexibility index (Phi) is 7.39. The van der Waals surface area contributed by atoms with Crippen LogP contribution in [0.5, 0.6) is 0 Å². The zero-order valence-electron chi connectivity index (χ0n) is 20.8. The lowest BCUT2D eigenvalue weighted by atomic mass is 9.80. The molecule has 2 aromatic rings. The van der Waals surface area contributed by atoms with Crippen LogP contribution in [0.15, 0.2) is 76.3 Å². The number of ether oxygens (including phenoxy) is 1. The average molecular weight is 512 g/mol. The van der Waals surface area contributed by atoms with E-state index >= 15 is 0 Å². The molecule has 5 N–H and O–H groups in total. The van der Waals surface area contributed by atoms with Gasteiger partial charge in [-0.25, -0.2) is 10.2 Å². The van der Waals surface area contributed by atoms with Crippen LogP contribution in [0.1, 0.15) is 42.9 Å². The quantitative estimate of drug-likeness (QED) is 0.262. The number of rotatable bonds is 6. The number of carbonyl (C=O) groups excluding carboxylic acids is 4. The van der Waals surface area contributed by atoms with E-state index in [9.17, 15) is 19.2 Å². The normalized spacial score (nSPS) is 17.2. The Morgan fingerprint density at radius 1 is 1.18 bits per heavy atom. The third-order valence-electron chi connectivity index (χ3n) is 6.01. The molecule has 2 heterocycles. The van der Waals surface area contributed by atoms with Gasteiger partial charge in [-0.3, -0.25) is 14.4 Å². The number of terminal acetylenes is 1. The van der Waals surface area contributed by atoms with Crippen LogP contribution in [0.2, 0.25) is 0 Å². The molecule has 192 valence electrons. The number of nitrogens with two attached hydrogens (primary N) is 1. The number of dihydropyridines is 1. The van der Waals surface area contributed by atoms with E-state index < -0.39 is 29.5 Å². The van der Waals surface area contributed by atoms with Crippen LogP contribution < -0.4 is 21.8 Å². The van der Waals surface area contributed by atoms with E-state index in [4.69, 9.17) is 16.9 Å². The summed E-state index contributed by atoms with van der Waals surface area (Å²) in [5, 5.41) is 9.59. The van der Waals surface area contributed by atoms with Gasteiger partial charge in [0.1, 0.15) is 11.5 Å². The van der Waals surface area contributed by atoms with Gasteiger partial charge in [0.2, 0.25) is 5.91 Å². The second kappa shape index (κ2) is 10.8. The fraction of sp³-hybridized carbons (Fsp3) is 0.179. The average Bonchev–Trinajstić information content (AvgIpc) is 2.89. The largest absolute Gasteiger partial charge is 0.463 e. The highest BCUT2D eigenvalue weighted by atomic mass is 16.5. The van der Waals surface area contributed by atoms with Crippen molar-refractivity contribution in [2.24, 2.45) is 10.8 Å². The summed E-state index contributed by atoms with van der Waals surface area (Å²) in [4.78, 5) is 50.1. The minimum absolute atomic E-state index is 0.0861. The molecule has 38 heavy (non-hydrogen) atoms. The minimum Gasteiger partial charge on any atom is -0.463 e. The molecule has 10 heteroatoms. The van der Waals surface area contributed by atoms with Crippen molar-refractivity contribution in [3.63, 3.8) is 0 Å². The summed E-state index contributed by atoms with van der Waals surface area (Å²) in [6.07, 6.45) is 5.31. The van der Waals surface area contributed by atoms with Gasteiger partial charge in [-0.2, -0.15) is 5.10 Å². The molecule has 1 atom stereocenters. The first kappa shape index (κ1) is 25.9. The monoisotopic (exact) mass is 511 g/mol. The van der Waals surface area contributed by atoms with Crippen LogP contribution in [0.4, 0.5) is 5.69 Å². The van der Waals surface area contributed by atoms with Crippen molar-refractivity contribution in [1.29, 1.82) is 0 Å². The van der Waals surface area contributed by atoms with Gasteiger partial charge in [0.25, 0.3) is 5.91 Å². The maximum atomic E-state index is 13.6. The summed E-state index contributed by atoms with van der Waals surface area (Å²) in [7, 11) is 0. The fourth-order valence-electron chi connectivity index (χ4n) is 4.32. The van der Waals surface area contributed by atoms with Crippen molar-refractivity contribution in [3.8, 4) is 12.3 Å². The molecule has 1 unspecified atom stereocenters. The van der Waals surface area contributed by atoms with E-state index in [0.717, 1.165) is 0 Å². The Hall–Kier alpha value is -5.17. The third-order valence-corrected chi connectivity index (χ3v) is 6.01. The molecule has 0 fully saturated rings. The molecule has 0 saturated carbocycles. The number of nitrogens with zero attached hydrogens (tertiary/aromatic N) is 1. The first-order chi connectivity index (χ1) is 18.2. The molecule has 4 rings (SSSR count). The van der Waals surface area contributed by atoms with Crippen LogP contribution in [-0.4, -0.2) is 35.9 Å². The molecule has 0 spiro atoms. The topological polar surface area (TPSA) is 152 Å². The van der Waals surface area contributed by atoms with E-state index in [-0.39, 0.29) is 35.7 Å². The molecule has 0 aromatic heterocycles. The van der Waals surface area contributed by atoms with Gasteiger partial charge in [-0.1, -0.05) is 30.2 Å². The van der Waals surface area contributed by atoms with Crippen LogP contribution in [0.3, 0.4) is 0 Å². The summed E-state index contributed by atoms with van der Waals surface area (Å²) in [6, 6.07) is 13.4. The highest BCUT2D eigenvalue weighted by molar-refractivity contribution is 6.49. The Morgan fingerprint density at radius 2 is 1.92 bits per heavy atom. The molecule has 2 aliphatic heterocycles. The second-order valence-electron chi connectivity index (χ2n) is 8.54. The summed E-state index contributed by atoms with van der Waals surface area (Å²) in [5.41, 5.74) is 11.6. The Balaban J connectivity index is 1.68. The van der Waals surface area contributed by atoms with Crippen LogP contribution in [0, 0.1) is 12.3 Å². The van der Waals surface area contributed by atoms with Crippen LogP contribution in [-0.2, 0) is 23.9 Å². The lowest BCUT2D eigenvalue weighted by Gasteiger charge is -2.30. The Labute approximate surface area is 219 Å². The second-order valence-corrected chi connectivity index (χ2v) is 8.54. The van der Waals surface area contributed by atoms with Gasteiger partial charge in [-0.05, 0) is 43.7 Å². The standard InChI is InChI=1S/C28H25N5O5/c1-4-16-7-6-8-18(13-16)23-22(15(3)30-26(29)24(23)28(37)38-5-2)27(36)31-19-11-9-17(10-12-19)25-20(34)14-21(35)32-33-25/h1,6-13,23,30H,5,14,29H2,2-3H3,(H,31,36)(H,32,35). The molecular weight excluding hydrogens is 486 g/mol. The van der Waals surface area contributed by atoms with Crippen molar-refractivity contribution in [1.82, 2.24) is 10.7 Å². The molecular formula is C28H25N5O5. The SMILES string of the molecule is C#Cc1cccc(C2C(C(=O)Nc3ccc(C4=NNC(=O)CC4=O)cc3)=C(C)NC(N)=C2C(=O)OCC)c1. The third kappa shape index (κ3) is 5.17. The molecule has 0 aliphatic carbocycles. The van der Waals surface area contributed by atoms with E-state index in [1.807, 2.05) is 0 Å². The fourth-order valence-corrected chi connectivity index (χ4v) is 4.32. The smallest absolute Gasteiger partial charge is 0.338 e. The predicted molar refractivity (Wildman–Crippen MR) is 140 cm³/mol. The molecule has 10 nitrogen and oxygen atoms in total. The molecule has 2 aromatic carbocycles. The van der Waals surface area contributed by atoms with Gasteiger partial charge in [0, 0.05) is 28.1 Å². The number of hydrogen-bond donors (Lipinski definition) is 4. The van der Waals surface area contributed by atoms with Gasteiger partial charge in [0.15, 0.2) is 5.78 Å². The molecule has 0 radical (unpaired) electrons. The number of allylic oxidation sites excluding steroid dienone is 1. The highest BCUT2D eigenvalue weighted by Gasteiger charge is 2.38. The number of amides is 2. The van der Waals surface area contributed by atoms with Crippen molar-refractivity contribution >= 4 is 35.0 Å². The molecule has 2 aliphatic rings. The van der Waals surface area contributed by atoms with Crippen molar-refractivity contribution in [3.05, 3.63) is 87.9 Å².